The SMILES string of the molecule is CCO[C@H]1CC[C@@H](n2cc(NC(=O)c3ccc(-c4cn[nH]c4)o3)c(-c3ccccn3)n2)C1. The van der Waals surface area contributed by atoms with Crippen molar-refractivity contribution in [3.63, 3.8) is 0 Å². The summed E-state index contributed by atoms with van der Waals surface area (Å²) in [6.45, 7) is 2.72. The van der Waals surface area contributed by atoms with Crippen LogP contribution in [0.2, 0.25) is 0 Å². The molecule has 1 aliphatic carbocycles. The van der Waals surface area contributed by atoms with Crippen LogP contribution in [0.25, 0.3) is 22.7 Å². The van der Waals surface area contributed by atoms with Crippen LogP contribution in [0.5, 0.6) is 0 Å². The molecule has 164 valence electrons. The number of hydrogen-bond acceptors (Lipinski definition) is 6. The third-order valence-corrected chi connectivity index (χ3v) is 5.63. The zero-order valence-electron chi connectivity index (χ0n) is 17.7. The van der Waals surface area contributed by atoms with Crippen LogP contribution in [0.1, 0.15) is 42.8 Å². The average Bonchev–Trinajstić information content (AvgIpc) is 3.61. The summed E-state index contributed by atoms with van der Waals surface area (Å²) in [4.78, 5) is 17.4. The molecule has 0 radical (unpaired) electrons. The van der Waals surface area contributed by atoms with Crippen LogP contribution in [0, 0.1) is 0 Å². The molecule has 9 heteroatoms. The van der Waals surface area contributed by atoms with Crippen LogP contribution in [0.3, 0.4) is 0 Å². The fourth-order valence-electron chi connectivity index (χ4n) is 4.09. The Bertz CT molecular complexity index is 1180. The lowest BCUT2D eigenvalue weighted by molar-refractivity contribution is 0.0654. The van der Waals surface area contributed by atoms with Crippen LogP contribution in [0.4, 0.5) is 5.69 Å². The first-order valence-electron chi connectivity index (χ1n) is 10.7. The van der Waals surface area contributed by atoms with Gasteiger partial charge in [-0.25, -0.2) is 0 Å². The third-order valence-electron chi connectivity index (χ3n) is 5.63. The monoisotopic (exact) mass is 432 g/mol. The number of nitrogens with zero attached hydrogens (tertiary/aromatic N) is 4. The Kier molecular flexibility index (Phi) is 5.55. The van der Waals surface area contributed by atoms with Crippen LogP contribution < -0.4 is 5.32 Å². The Labute approximate surface area is 184 Å². The zero-order valence-corrected chi connectivity index (χ0v) is 17.7. The van der Waals surface area contributed by atoms with E-state index in [0.717, 1.165) is 24.8 Å². The molecule has 2 N–H and O–H groups in total. The van der Waals surface area contributed by atoms with Gasteiger partial charge in [0.15, 0.2) is 5.76 Å². The summed E-state index contributed by atoms with van der Waals surface area (Å²) in [6, 6.07) is 9.24. The first-order valence-corrected chi connectivity index (χ1v) is 10.7. The molecule has 9 nitrogen and oxygen atoms in total. The van der Waals surface area contributed by atoms with E-state index in [1.165, 1.54) is 0 Å². The van der Waals surface area contributed by atoms with Gasteiger partial charge in [0.2, 0.25) is 0 Å². The smallest absolute Gasteiger partial charge is 0.291 e. The molecule has 2 atom stereocenters. The lowest BCUT2D eigenvalue weighted by Crippen LogP contribution is -2.12. The second kappa shape index (κ2) is 8.80. The van der Waals surface area contributed by atoms with Crippen molar-refractivity contribution in [3.05, 3.63) is 60.9 Å². The van der Waals surface area contributed by atoms with Gasteiger partial charge >= 0.3 is 0 Å². The van der Waals surface area contributed by atoms with Crippen molar-refractivity contribution in [2.45, 2.75) is 38.3 Å². The van der Waals surface area contributed by atoms with E-state index in [2.05, 4.69) is 20.5 Å². The lowest BCUT2D eigenvalue weighted by Gasteiger charge is -2.11. The molecule has 1 fully saturated rings. The first kappa shape index (κ1) is 20.2. The largest absolute Gasteiger partial charge is 0.451 e. The number of carbonyl (C=O) groups is 1. The number of rotatable bonds is 7. The van der Waals surface area contributed by atoms with Gasteiger partial charge in [-0.3, -0.25) is 19.6 Å². The van der Waals surface area contributed by atoms with E-state index in [-0.39, 0.29) is 23.8 Å². The fraction of sp³-hybridized carbons (Fsp3) is 0.304. The molecular formula is C23H24N6O3. The summed E-state index contributed by atoms with van der Waals surface area (Å²) in [5, 5.41) is 14.4. The Balaban J connectivity index is 1.41. The van der Waals surface area contributed by atoms with Gasteiger partial charge < -0.3 is 14.5 Å². The molecule has 0 spiro atoms. The fourth-order valence-corrected chi connectivity index (χ4v) is 4.09. The average molecular weight is 432 g/mol. The van der Waals surface area contributed by atoms with Crippen molar-refractivity contribution in [3.8, 4) is 22.7 Å². The number of H-pyrrole nitrogens is 1. The molecule has 1 aliphatic rings. The number of aromatic amines is 1. The van der Waals surface area contributed by atoms with Gasteiger partial charge in [0.25, 0.3) is 5.91 Å². The number of amides is 1. The predicted molar refractivity (Wildman–Crippen MR) is 118 cm³/mol. The van der Waals surface area contributed by atoms with Crippen molar-refractivity contribution in [1.82, 2.24) is 25.0 Å². The van der Waals surface area contributed by atoms with Crippen molar-refractivity contribution in [1.29, 1.82) is 0 Å². The minimum absolute atomic E-state index is 0.207. The van der Waals surface area contributed by atoms with E-state index in [9.17, 15) is 4.79 Å². The van der Waals surface area contributed by atoms with Gasteiger partial charge in [0, 0.05) is 25.2 Å². The molecule has 0 saturated heterocycles. The molecule has 0 bridgehead atoms. The zero-order chi connectivity index (χ0) is 21.9. The summed E-state index contributed by atoms with van der Waals surface area (Å²) in [6.07, 6.45) is 10.1. The van der Waals surface area contributed by atoms with Gasteiger partial charge in [-0.15, -0.1) is 0 Å². The molecule has 32 heavy (non-hydrogen) atoms. The second-order valence-electron chi connectivity index (χ2n) is 7.74. The molecule has 5 rings (SSSR count). The molecule has 0 unspecified atom stereocenters. The number of aromatic nitrogens is 5. The summed E-state index contributed by atoms with van der Waals surface area (Å²) >= 11 is 0. The van der Waals surface area contributed by atoms with Crippen molar-refractivity contribution >= 4 is 11.6 Å². The van der Waals surface area contributed by atoms with E-state index < -0.39 is 0 Å². The number of nitrogens with one attached hydrogen (secondary N) is 2. The lowest BCUT2D eigenvalue weighted by atomic mass is 10.2. The highest BCUT2D eigenvalue weighted by Gasteiger charge is 2.28. The van der Waals surface area contributed by atoms with E-state index in [1.54, 1.807) is 30.7 Å². The van der Waals surface area contributed by atoms with Crippen LogP contribution >= 0.6 is 0 Å². The second-order valence-corrected chi connectivity index (χ2v) is 7.74. The summed E-state index contributed by atoms with van der Waals surface area (Å²) in [7, 11) is 0. The van der Waals surface area contributed by atoms with E-state index in [1.807, 2.05) is 36.0 Å². The van der Waals surface area contributed by atoms with E-state index >= 15 is 0 Å². The summed E-state index contributed by atoms with van der Waals surface area (Å²) in [5.41, 5.74) is 2.69. The van der Waals surface area contributed by atoms with Crippen LogP contribution in [-0.2, 0) is 4.74 Å². The molecule has 0 aromatic carbocycles. The quantitative estimate of drug-likeness (QED) is 0.450. The topological polar surface area (TPSA) is 111 Å². The van der Waals surface area contributed by atoms with Gasteiger partial charge in [-0.05, 0) is 50.5 Å². The molecule has 4 aromatic heterocycles. The third kappa shape index (κ3) is 4.06. The molecule has 0 aliphatic heterocycles. The highest BCUT2D eigenvalue weighted by Crippen LogP contribution is 2.35. The minimum Gasteiger partial charge on any atom is -0.451 e. The Morgan fingerprint density at radius 2 is 2.25 bits per heavy atom. The number of hydrogen-bond donors (Lipinski definition) is 2. The maximum absolute atomic E-state index is 12.9. The maximum atomic E-state index is 12.9. The van der Waals surface area contributed by atoms with Gasteiger partial charge in [0.1, 0.15) is 11.5 Å². The number of pyridine rings is 1. The number of carbonyl (C=O) groups excluding carboxylic acids is 1. The predicted octanol–water partition coefficient (Wildman–Crippen LogP) is 4.31. The Morgan fingerprint density at radius 1 is 1.31 bits per heavy atom. The molecule has 1 amide bonds. The van der Waals surface area contributed by atoms with Crippen molar-refractivity contribution < 1.29 is 13.9 Å². The first-order chi connectivity index (χ1) is 15.7. The summed E-state index contributed by atoms with van der Waals surface area (Å²) in [5.74, 6) is 0.422. The highest BCUT2D eigenvalue weighted by atomic mass is 16.5. The standard InChI is InChI=1S/C23H24N6O3/c1-2-31-17-7-6-16(11-17)29-14-19(22(28-29)18-5-3-4-10-24-18)27-23(30)21-9-8-20(32-21)15-12-25-26-13-15/h3-5,8-10,12-14,16-17H,2,6-7,11H2,1H3,(H,25,26)(H,27,30)/t16-,17+/m1/s1. The van der Waals surface area contributed by atoms with Gasteiger partial charge in [0.05, 0.1) is 35.3 Å². The highest BCUT2D eigenvalue weighted by molar-refractivity contribution is 6.04. The van der Waals surface area contributed by atoms with Gasteiger partial charge in [-0.1, -0.05) is 6.07 Å². The molecule has 4 aromatic rings. The Hall–Kier alpha value is -3.72. The Morgan fingerprint density at radius 3 is 3.03 bits per heavy atom. The molecular weight excluding hydrogens is 408 g/mol. The normalized spacial score (nSPS) is 18.2. The minimum atomic E-state index is -0.352. The number of ether oxygens (including phenoxy) is 1. The van der Waals surface area contributed by atoms with Crippen LogP contribution in [-0.4, -0.2) is 43.6 Å². The van der Waals surface area contributed by atoms with E-state index in [0.29, 0.717) is 29.4 Å². The van der Waals surface area contributed by atoms with Crippen LogP contribution in [0.15, 0.2) is 59.5 Å². The van der Waals surface area contributed by atoms with E-state index in [4.69, 9.17) is 14.3 Å². The summed E-state index contributed by atoms with van der Waals surface area (Å²) < 4.78 is 13.4. The van der Waals surface area contributed by atoms with Crippen molar-refractivity contribution in [2.24, 2.45) is 0 Å². The number of furan rings is 1. The van der Waals surface area contributed by atoms with Crippen molar-refractivity contribution in [2.75, 3.05) is 11.9 Å². The molecule has 1 saturated carbocycles. The number of anilines is 1. The maximum Gasteiger partial charge on any atom is 0.291 e. The van der Waals surface area contributed by atoms with Gasteiger partial charge in [-0.2, -0.15) is 10.2 Å². The molecule has 4 heterocycles.